The first-order valence-corrected chi connectivity index (χ1v) is 11.1. The molecule has 2 aromatic rings. The summed E-state index contributed by atoms with van der Waals surface area (Å²) in [6.07, 6.45) is 6.55. The predicted molar refractivity (Wildman–Crippen MR) is 127 cm³/mol. The molecule has 2 N–H and O–H groups in total. The molecule has 30 heavy (non-hydrogen) atoms. The molecule has 0 aliphatic rings. The molecule has 5 nitrogen and oxygen atoms in total. The fraction of sp³-hybridized carbons (Fsp3) is 0.417. The second-order valence-electron chi connectivity index (χ2n) is 7.04. The second-order valence-corrected chi connectivity index (χ2v) is 7.45. The van der Waals surface area contributed by atoms with Crippen LogP contribution >= 0.6 is 12.2 Å². The minimum Gasteiger partial charge on any atom is -0.494 e. The summed E-state index contributed by atoms with van der Waals surface area (Å²) in [5, 5.41) is 5.99. The number of hydrogen-bond donors (Lipinski definition) is 2. The van der Waals surface area contributed by atoms with Gasteiger partial charge in [-0.25, -0.2) is 0 Å². The van der Waals surface area contributed by atoms with Crippen LogP contribution in [0.3, 0.4) is 0 Å². The summed E-state index contributed by atoms with van der Waals surface area (Å²) in [5.41, 5.74) is 1.23. The monoisotopic (exact) mass is 428 g/mol. The van der Waals surface area contributed by atoms with Crippen molar-refractivity contribution >= 4 is 28.9 Å². The first kappa shape index (κ1) is 23.7. The number of benzene rings is 2. The van der Waals surface area contributed by atoms with Crippen molar-refractivity contribution in [2.45, 2.75) is 52.4 Å². The summed E-state index contributed by atoms with van der Waals surface area (Å²) in [5.74, 6) is 1.04. The second kappa shape index (κ2) is 13.6. The van der Waals surface area contributed by atoms with Crippen molar-refractivity contribution in [1.29, 1.82) is 0 Å². The highest BCUT2D eigenvalue weighted by atomic mass is 32.1. The molecule has 0 saturated carbocycles. The topological polar surface area (TPSA) is 59.6 Å². The Bertz CT molecular complexity index is 811. The first-order valence-electron chi connectivity index (χ1n) is 10.7. The zero-order chi connectivity index (χ0) is 21.6. The van der Waals surface area contributed by atoms with E-state index in [1.54, 1.807) is 6.07 Å². The number of rotatable bonds is 12. The Hall–Kier alpha value is -2.60. The lowest BCUT2D eigenvalue weighted by Crippen LogP contribution is -2.34. The molecule has 1 amide bonds. The molecular formula is C24H32N2O3S. The lowest BCUT2D eigenvalue weighted by molar-refractivity contribution is 0.0973. The maximum atomic E-state index is 12.7. The van der Waals surface area contributed by atoms with E-state index in [-0.39, 0.29) is 11.0 Å². The molecule has 0 fully saturated rings. The Labute approximate surface area is 185 Å². The maximum Gasteiger partial charge on any atom is 0.261 e. The molecule has 6 heteroatoms. The third-order valence-electron chi connectivity index (χ3n) is 4.47. The van der Waals surface area contributed by atoms with Crippen molar-refractivity contribution in [2.75, 3.05) is 18.5 Å². The van der Waals surface area contributed by atoms with E-state index in [1.165, 1.54) is 12.8 Å². The van der Waals surface area contributed by atoms with Crippen molar-refractivity contribution in [1.82, 2.24) is 5.32 Å². The van der Waals surface area contributed by atoms with Gasteiger partial charge < -0.3 is 14.8 Å². The van der Waals surface area contributed by atoms with Crippen molar-refractivity contribution in [3.63, 3.8) is 0 Å². The molecule has 0 saturated heterocycles. The van der Waals surface area contributed by atoms with Gasteiger partial charge in [-0.2, -0.15) is 0 Å². The van der Waals surface area contributed by atoms with Gasteiger partial charge in [0.25, 0.3) is 5.91 Å². The van der Waals surface area contributed by atoms with Crippen LogP contribution in [0.25, 0.3) is 0 Å². The summed E-state index contributed by atoms with van der Waals surface area (Å²) in [7, 11) is 0. The van der Waals surface area contributed by atoms with Crippen molar-refractivity contribution in [2.24, 2.45) is 0 Å². The van der Waals surface area contributed by atoms with Crippen LogP contribution in [0.1, 0.15) is 62.7 Å². The standard InChI is InChI=1S/C24H32N2O3S/c1-3-5-7-10-17-29-22-15-9-8-14-21(22)23(27)26-24(30)25-19-12-11-13-20(18-19)28-16-6-4-2/h8-9,11-15,18H,3-7,10,16-17H2,1-2H3,(H2,25,26,27,30). The Morgan fingerprint density at radius 2 is 1.67 bits per heavy atom. The number of nitrogens with one attached hydrogen (secondary N) is 2. The molecule has 0 aromatic heterocycles. The molecule has 2 rings (SSSR count). The predicted octanol–water partition coefficient (Wildman–Crippen LogP) is 5.95. The van der Waals surface area contributed by atoms with E-state index in [2.05, 4.69) is 24.5 Å². The van der Waals surface area contributed by atoms with E-state index in [9.17, 15) is 4.79 Å². The highest BCUT2D eigenvalue weighted by Crippen LogP contribution is 2.20. The SMILES string of the molecule is CCCCCCOc1ccccc1C(=O)NC(=S)Nc1cccc(OCCCC)c1. The summed E-state index contributed by atoms with van der Waals surface area (Å²) in [6.45, 7) is 5.57. The van der Waals surface area contributed by atoms with Gasteiger partial charge in [-0.15, -0.1) is 0 Å². The number of thiocarbonyl (C=S) groups is 1. The molecule has 0 heterocycles. The largest absolute Gasteiger partial charge is 0.494 e. The van der Waals surface area contributed by atoms with E-state index in [1.807, 2.05) is 42.5 Å². The normalized spacial score (nSPS) is 10.3. The van der Waals surface area contributed by atoms with Crippen LogP contribution < -0.4 is 20.1 Å². The van der Waals surface area contributed by atoms with Crippen LogP contribution in [-0.4, -0.2) is 24.2 Å². The number of carbonyl (C=O) groups excluding carboxylic acids is 1. The molecule has 0 atom stereocenters. The number of amides is 1. The summed E-state index contributed by atoms with van der Waals surface area (Å²) >= 11 is 5.32. The number of carbonyl (C=O) groups is 1. The molecule has 0 bridgehead atoms. The first-order chi connectivity index (χ1) is 14.6. The number of unbranched alkanes of at least 4 members (excludes halogenated alkanes) is 4. The third kappa shape index (κ3) is 8.41. The zero-order valence-electron chi connectivity index (χ0n) is 17.9. The minimum absolute atomic E-state index is 0.225. The molecular weight excluding hydrogens is 396 g/mol. The molecule has 0 spiro atoms. The van der Waals surface area contributed by atoms with Gasteiger partial charge in [0.1, 0.15) is 11.5 Å². The van der Waals surface area contributed by atoms with Gasteiger partial charge in [0, 0.05) is 11.8 Å². The molecule has 0 aliphatic carbocycles. The Balaban J connectivity index is 1.90. The van der Waals surface area contributed by atoms with Crippen molar-refractivity contribution in [3.8, 4) is 11.5 Å². The highest BCUT2D eigenvalue weighted by Gasteiger charge is 2.13. The van der Waals surface area contributed by atoms with Crippen LogP contribution in [0, 0.1) is 0 Å². The lowest BCUT2D eigenvalue weighted by atomic mass is 10.2. The Kier molecular flexibility index (Phi) is 10.7. The van der Waals surface area contributed by atoms with E-state index >= 15 is 0 Å². The fourth-order valence-electron chi connectivity index (χ4n) is 2.82. The van der Waals surface area contributed by atoms with Gasteiger partial charge in [0.15, 0.2) is 5.11 Å². The molecule has 0 radical (unpaired) electrons. The summed E-state index contributed by atoms with van der Waals surface area (Å²) in [6, 6.07) is 14.7. The lowest BCUT2D eigenvalue weighted by Gasteiger charge is -2.13. The number of anilines is 1. The van der Waals surface area contributed by atoms with Gasteiger partial charge in [0.05, 0.1) is 18.8 Å². The molecule has 0 unspecified atom stereocenters. The van der Waals surface area contributed by atoms with Crippen LogP contribution in [-0.2, 0) is 0 Å². The average Bonchev–Trinajstić information content (AvgIpc) is 2.74. The quantitative estimate of drug-likeness (QED) is 0.323. The summed E-state index contributed by atoms with van der Waals surface area (Å²) < 4.78 is 11.5. The minimum atomic E-state index is -0.299. The Morgan fingerprint density at radius 3 is 2.47 bits per heavy atom. The van der Waals surface area contributed by atoms with Gasteiger partial charge in [-0.05, 0) is 49.3 Å². The van der Waals surface area contributed by atoms with Crippen LogP contribution in [0.2, 0.25) is 0 Å². The van der Waals surface area contributed by atoms with Gasteiger partial charge in [0.2, 0.25) is 0 Å². The third-order valence-corrected chi connectivity index (χ3v) is 4.68. The van der Waals surface area contributed by atoms with E-state index in [0.717, 1.165) is 37.1 Å². The molecule has 162 valence electrons. The van der Waals surface area contributed by atoms with Gasteiger partial charge in [-0.1, -0.05) is 57.7 Å². The van der Waals surface area contributed by atoms with Gasteiger partial charge in [-0.3, -0.25) is 10.1 Å². The Morgan fingerprint density at radius 1 is 0.900 bits per heavy atom. The number of hydrogen-bond acceptors (Lipinski definition) is 4. The zero-order valence-corrected chi connectivity index (χ0v) is 18.7. The number of para-hydroxylation sites is 1. The van der Waals surface area contributed by atoms with E-state index < -0.39 is 0 Å². The van der Waals surface area contributed by atoms with Crippen molar-refractivity contribution < 1.29 is 14.3 Å². The molecule has 2 aromatic carbocycles. The van der Waals surface area contributed by atoms with Crippen LogP contribution in [0.15, 0.2) is 48.5 Å². The van der Waals surface area contributed by atoms with Crippen LogP contribution in [0.5, 0.6) is 11.5 Å². The maximum absolute atomic E-state index is 12.7. The smallest absolute Gasteiger partial charge is 0.261 e. The average molecular weight is 429 g/mol. The molecule has 0 aliphatic heterocycles. The van der Waals surface area contributed by atoms with Crippen LogP contribution in [0.4, 0.5) is 5.69 Å². The van der Waals surface area contributed by atoms with E-state index in [0.29, 0.717) is 24.5 Å². The highest BCUT2D eigenvalue weighted by molar-refractivity contribution is 7.80. The summed E-state index contributed by atoms with van der Waals surface area (Å²) in [4.78, 5) is 12.7. The van der Waals surface area contributed by atoms with Crippen molar-refractivity contribution in [3.05, 3.63) is 54.1 Å². The number of ether oxygens (including phenoxy) is 2. The van der Waals surface area contributed by atoms with E-state index in [4.69, 9.17) is 21.7 Å². The van der Waals surface area contributed by atoms with Gasteiger partial charge >= 0.3 is 0 Å². The fourth-order valence-corrected chi connectivity index (χ4v) is 3.03.